The quantitative estimate of drug-likeness (QED) is 0.251. The van der Waals surface area contributed by atoms with Gasteiger partial charge in [-0.25, -0.2) is 0 Å². The standard InChI is InChI=1S/H3NO4S.H3N.H2O4S/c1-5-6(2,3)4;;1-5(2,3)4/h1H2,(H,2,3,4);1H3;(H2,1,2,3,4). The summed E-state index contributed by atoms with van der Waals surface area (Å²) in [6, 6.07) is 0. The van der Waals surface area contributed by atoms with Crippen molar-refractivity contribution in [2.45, 2.75) is 0 Å². The highest BCUT2D eigenvalue weighted by Crippen LogP contribution is 1.70. The van der Waals surface area contributed by atoms with Crippen LogP contribution in [0, 0.1) is 0 Å². The molecule has 78 valence electrons. The molecule has 0 heterocycles. The molecule has 10 nitrogen and oxygen atoms in total. The average molecular weight is 228 g/mol. The Morgan fingerprint density at radius 1 is 1.00 bits per heavy atom. The van der Waals surface area contributed by atoms with Gasteiger partial charge in [-0.3, -0.25) is 13.7 Å². The van der Waals surface area contributed by atoms with Crippen molar-refractivity contribution < 1.29 is 34.8 Å². The highest BCUT2D eigenvalue weighted by molar-refractivity contribution is 7.80. The summed E-state index contributed by atoms with van der Waals surface area (Å²) in [6.07, 6.45) is 0. The molecular weight excluding hydrogens is 220 g/mol. The molecule has 0 aliphatic heterocycles. The zero-order valence-electron chi connectivity index (χ0n) is 5.48. The van der Waals surface area contributed by atoms with Crippen molar-refractivity contribution in [3.8, 4) is 0 Å². The Hall–Kier alpha value is -0.340. The van der Waals surface area contributed by atoms with Gasteiger partial charge in [0.25, 0.3) is 0 Å². The Bertz CT molecular complexity index is 262. The molecule has 12 heteroatoms. The van der Waals surface area contributed by atoms with Crippen LogP contribution in [0.3, 0.4) is 0 Å². The van der Waals surface area contributed by atoms with Gasteiger partial charge in [-0.05, 0) is 0 Å². The molecule has 0 amide bonds. The van der Waals surface area contributed by atoms with E-state index in [1.54, 1.807) is 0 Å². The summed E-state index contributed by atoms with van der Waals surface area (Å²) in [5.41, 5.74) is 0. The molecule has 0 aromatic rings. The molecule has 0 spiro atoms. The predicted molar refractivity (Wildman–Crippen MR) is 36.0 cm³/mol. The van der Waals surface area contributed by atoms with Gasteiger partial charge in [-0.2, -0.15) is 27.0 Å². The highest BCUT2D eigenvalue weighted by Gasteiger charge is 1.95. The van der Waals surface area contributed by atoms with Gasteiger partial charge in [-0.1, -0.05) is 0 Å². The second kappa shape index (κ2) is 6.21. The molecule has 0 aromatic carbocycles. The van der Waals surface area contributed by atoms with E-state index < -0.39 is 20.8 Å². The Morgan fingerprint density at radius 3 is 1.08 bits per heavy atom. The van der Waals surface area contributed by atoms with E-state index >= 15 is 0 Å². The van der Waals surface area contributed by atoms with Gasteiger partial charge in [0.1, 0.15) is 0 Å². The lowest BCUT2D eigenvalue weighted by Crippen LogP contribution is -2.08. The Kier molecular flexibility index (Phi) is 9.14. The van der Waals surface area contributed by atoms with Crippen molar-refractivity contribution in [2.75, 3.05) is 0 Å². The second-order valence-electron chi connectivity index (χ2n) is 0.972. The van der Waals surface area contributed by atoms with Crippen LogP contribution >= 0.6 is 0 Å². The number of nitrogens with two attached hydrogens (primary N) is 1. The zero-order valence-corrected chi connectivity index (χ0v) is 7.12. The Balaban J connectivity index is -0.000000126. The van der Waals surface area contributed by atoms with E-state index in [4.69, 9.17) is 22.1 Å². The normalized spacial score (nSPS) is 10.7. The zero-order chi connectivity index (χ0) is 9.71. The first kappa shape index (κ1) is 17.7. The maximum atomic E-state index is 9.21. The molecule has 0 aromatic heterocycles. The van der Waals surface area contributed by atoms with Crippen LogP contribution in [-0.4, -0.2) is 30.5 Å². The van der Waals surface area contributed by atoms with Gasteiger partial charge in [0.2, 0.25) is 0 Å². The summed E-state index contributed by atoms with van der Waals surface area (Å²) in [6.45, 7) is 0. The summed E-state index contributed by atoms with van der Waals surface area (Å²) in [7, 11) is -9.05. The first-order valence-corrected chi connectivity index (χ1v) is 4.38. The fraction of sp³-hybridized carbons (Fsp3) is 0. The van der Waals surface area contributed by atoms with Crippen molar-refractivity contribution in [1.82, 2.24) is 6.15 Å². The predicted octanol–water partition coefficient (Wildman–Crippen LogP) is -1.81. The minimum atomic E-state index is -4.67. The maximum Gasteiger partial charge on any atom is 0.413 e. The molecule has 0 saturated heterocycles. The molecule has 0 unspecified atom stereocenters. The smallest absolute Gasteiger partial charge is 0.344 e. The molecule has 0 aliphatic rings. The van der Waals surface area contributed by atoms with E-state index in [0.29, 0.717) is 0 Å². The van der Waals surface area contributed by atoms with Crippen molar-refractivity contribution >= 4 is 20.8 Å². The van der Waals surface area contributed by atoms with Gasteiger partial charge in [0, 0.05) is 0 Å². The van der Waals surface area contributed by atoms with Gasteiger partial charge in [-0.15, -0.1) is 0 Å². The molecule has 0 fully saturated rings. The van der Waals surface area contributed by atoms with E-state index in [1.165, 1.54) is 0 Å². The summed E-state index contributed by atoms with van der Waals surface area (Å²) < 4.78 is 60.4. The first-order chi connectivity index (χ1) is 4.56. The number of hydrogen-bond acceptors (Lipinski definition) is 7. The topological polar surface area (TPSA) is 199 Å². The molecule has 0 atom stereocenters. The van der Waals surface area contributed by atoms with E-state index in [0.717, 1.165) is 0 Å². The third kappa shape index (κ3) is 102. The average Bonchev–Trinajstić information content (AvgIpc) is 1.59. The van der Waals surface area contributed by atoms with Crippen LogP contribution in [0.1, 0.15) is 0 Å². The van der Waals surface area contributed by atoms with Crippen LogP contribution in [0.5, 0.6) is 0 Å². The van der Waals surface area contributed by atoms with Gasteiger partial charge >= 0.3 is 20.8 Å². The van der Waals surface area contributed by atoms with E-state index in [2.05, 4.69) is 10.2 Å². The molecular formula is H8N2O8S2. The minimum Gasteiger partial charge on any atom is -0.344 e. The largest absolute Gasteiger partial charge is 0.413 e. The van der Waals surface area contributed by atoms with E-state index in [9.17, 15) is 8.42 Å². The van der Waals surface area contributed by atoms with E-state index in [-0.39, 0.29) is 6.15 Å². The van der Waals surface area contributed by atoms with Crippen molar-refractivity contribution in [2.24, 2.45) is 5.90 Å². The Morgan fingerprint density at radius 2 is 1.08 bits per heavy atom. The summed E-state index contributed by atoms with van der Waals surface area (Å²) in [4.78, 5) is 0. The summed E-state index contributed by atoms with van der Waals surface area (Å²) >= 11 is 0. The maximum absolute atomic E-state index is 9.21. The molecule has 0 radical (unpaired) electrons. The lowest BCUT2D eigenvalue weighted by atomic mass is 13.6. The van der Waals surface area contributed by atoms with Crippen LogP contribution in [0.15, 0.2) is 0 Å². The SMILES string of the molecule is N.NOS(=O)(=O)O.O=S(=O)(O)O. The second-order valence-corrected chi connectivity index (χ2v) is 2.92. The van der Waals surface area contributed by atoms with Crippen molar-refractivity contribution in [3.63, 3.8) is 0 Å². The van der Waals surface area contributed by atoms with Crippen LogP contribution in [0.2, 0.25) is 0 Å². The van der Waals surface area contributed by atoms with Crippen molar-refractivity contribution in [3.05, 3.63) is 0 Å². The summed E-state index contributed by atoms with van der Waals surface area (Å²) in [5.74, 6) is 3.97. The van der Waals surface area contributed by atoms with Gasteiger partial charge < -0.3 is 6.15 Å². The monoisotopic (exact) mass is 228 g/mol. The Labute approximate surface area is 68.4 Å². The molecule has 12 heavy (non-hydrogen) atoms. The third-order valence-electron chi connectivity index (χ3n) is 0.122. The van der Waals surface area contributed by atoms with Crippen LogP contribution < -0.4 is 12.0 Å². The van der Waals surface area contributed by atoms with Gasteiger partial charge in [0.05, 0.1) is 0 Å². The number of rotatable bonds is 1. The van der Waals surface area contributed by atoms with E-state index in [1.807, 2.05) is 0 Å². The van der Waals surface area contributed by atoms with Crippen molar-refractivity contribution in [1.29, 1.82) is 0 Å². The third-order valence-corrected chi connectivity index (χ3v) is 0.365. The molecule has 0 aliphatic carbocycles. The minimum absolute atomic E-state index is 0. The lowest BCUT2D eigenvalue weighted by molar-refractivity contribution is 0.277. The van der Waals surface area contributed by atoms with Crippen LogP contribution in [0.25, 0.3) is 0 Å². The summed E-state index contributed by atoms with van der Waals surface area (Å²) in [5, 5.41) is 0. The van der Waals surface area contributed by atoms with Crippen LogP contribution in [-0.2, 0) is 25.1 Å². The molecule has 0 rings (SSSR count). The fourth-order valence-corrected chi connectivity index (χ4v) is 0. The van der Waals surface area contributed by atoms with Gasteiger partial charge in [0.15, 0.2) is 0 Å². The number of hydrogen-bond donors (Lipinski definition) is 5. The first-order valence-electron chi connectivity index (χ1n) is 1.62. The highest BCUT2D eigenvalue weighted by atomic mass is 32.3. The lowest BCUT2D eigenvalue weighted by Gasteiger charge is -1.81. The molecule has 0 saturated carbocycles. The fourth-order valence-electron chi connectivity index (χ4n) is 0. The molecule has 8 N–H and O–H groups in total. The molecule has 0 bridgehead atoms. The van der Waals surface area contributed by atoms with Crippen LogP contribution in [0.4, 0.5) is 0 Å².